The zero-order valence-electron chi connectivity index (χ0n) is 10.1. The van der Waals surface area contributed by atoms with Crippen LogP contribution >= 0.6 is 0 Å². The number of anilines is 1. The Morgan fingerprint density at radius 3 is 3.00 bits per heavy atom. The normalized spacial score (nSPS) is 14.5. The SMILES string of the molecule is Cc1cccc(NC(=O)c2n[nH]c(C3CC3)n2)c1. The van der Waals surface area contributed by atoms with Crippen LogP contribution in [0, 0.1) is 6.92 Å². The molecule has 0 bridgehead atoms. The standard InChI is InChI=1S/C13H14N4O/c1-8-3-2-4-10(7-8)14-13(18)12-15-11(16-17-12)9-5-6-9/h2-4,7,9H,5-6H2,1H3,(H,14,18)(H,15,16,17). The minimum Gasteiger partial charge on any atom is -0.319 e. The fourth-order valence-corrected chi connectivity index (χ4v) is 1.83. The minimum atomic E-state index is -0.274. The van der Waals surface area contributed by atoms with Crippen LogP contribution < -0.4 is 5.32 Å². The first kappa shape index (κ1) is 11.0. The Labute approximate surface area is 105 Å². The first-order chi connectivity index (χ1) is 8.72. The van der Waals surface area contributed by atoms with Gasteiger partial charge in [-0.1, -0.05) is 12.1 Å². The molecule has 1 fully saturated rings. The minimum absolute atomic E-state index is 0.207. The van der Waals surface area contributed by atoms with Crippen molar-refractivity contribution in [2.24, 2.45) is 0 Å². The molecule has 2 aromatic rings. The lowest BCUT2D eigenvalue weighted by Crippen LogP contribution is -2.13. The van der Waals surface area contributed by atoms with Crippen molar-refractivity contribution in [3.05, 3.63) is 41.5 Å². The van der Waals surface area contributed by atoms with E-state index in [1.807, 2.05) is 31.2 Å². The van der Waals surface area contributed by atoms with Gasteiger partial charge in [-0.2, -0.15) is 0 Å². The van der Waals surface area contributed by atoms with Crippen LogP contribution in [0.15, 0.2) is 24.3 Å². The molecule has 18 heavy (non-hydrogen) atoms. The van der Waals surface area contributed by atoms with Gasteiger partial charge in [0.15, 0.2) is 0 Å². The zero-order valence-corrected chi connectivity index (χ0v) is 10.1. The number of rotatable bonds is 3. The van der Waals surface area contributed by atoms with Crippen LogP contribution in [0.5, 0.6) is 0 Å². The van der Waals surface area contributed by atoms with E-state index in [2.05, 4.69) is 20.5 Å². The van der Waals surface area contributed by atoms with Crippen molar-refractivity contribution in [3.63, 3.8) is 0 Å². The molecule has 0 saturated heterocycles. The quantitative estimate of drug-likeness (QED) is 0.867. The molecule has 0 aliphatic heterocycles. The van der Waals surface area contributed by atoms with Gasteiger partial charge in [0.05, 0.1) is 0 Å². The van der Waals surface area contributed by atoms with E-state index in [0.29, 0.717) is 5.92 Å². The van der Waals surface area contributed by atoms with Crippen molar-refractivity contribution in [3.8, 4) is 0 Å². The predicted molar refractivity (Wildman–Crippen MR) is 67.5 cm³/mol. The van der Waals surface area contributed by atoms with Gasteiger partial charge in [0.1, 0.15) is 5.82 Å². The molecule has 2 N–H and O–H groups in total. The van der Waals surface area contributed by atoms with Crippen molar-refractivity contribution >= 4 is 11.6 Å². The number of nitrogens with one attached hydrogen (secondary N) is 2. The number of amides is 1. The van der Waals surface area contributed by atoms with Crippen molar-refractivity contribution in [1.82, 2.24) is 15.2 Å². The Morgan fingerprint density at radius 2 is 2.28 bits per heavy atom. The number of carbonyl (C=O) groups excluding carboxylic acids is 1. The van der Waals surface area contributed by atoms with Gasteiger partial charge in [-0.05, 0) is 37.5 Å². The number of aryl methyl sites for hydroxylation is 1. The maximum Gasteiger partial charge on any atom is 0.295 e. The second-order valence-corrected chi connectivity index (χ2v) is 4.64. The Bertz CT molecular complexity index is 586. The molecule has 5 heteroatoms. The lowest BCUT2D eigenvalue weighted by atomic mass is 10.2. The van der Waals surface area contributed by atoms with Crippen LogP contribution in [-0.4, -0.2) is 21.1 Å². The molecule has 1 aliphatic rings. The van der Waals surface area contributed by atoms with E-state index in [4.69, 9.17) is 0 Å². The highest BCUT2D eigenvalue weighted by Gasteiger charge is 2.28. The fraction of sp³-hybridized carbons (Fsp3) is 0.308. The number of benzene rings is 1. The highest BCUT2D eigenvalue weighted by molar-refractivity contribution is 6.01. The summed E-state index contributed by atoms with van der Waals surface area (Å²) < 4.78 is 0. The van der Waals surface area contributed by atoms with Crippen LogP contribution in [0.1, 0.15) is 40.8 Å². The lowest BCUT2D eigenvalue weighted by molar-refractivity contribution is 0.101. The van der Waals surface area contributed by atoms with E-state index in [1.54, 1.807) is 0 Å². The van der Waals surface area contributed by atoms with Crippen molar-refractivity contribution in [2.75, 3.05) is 5.32 Å². The number of aromatic nitrogens is 3. The largest absolute Gasteiger partial charge is 0.319 e. The molecule has 1 aromatic heterocycles. The molecule has 1 heterocycles. The van der Waals surface area contributed by atoms with E-state index in [1.165, 1.54) is 0 Å². The van der Waals surface area contributed by atoms with E-state index < -0.39 is 0 Å². The third-order valence-electron chi connectivity index (χ3n) is 2.95. The topological polar surface area (TPSA) is 70.7 Å². The molecule has 1 aliphatic carbocycles. The number of carbonyl (C=O) groups is 1. The van der Waals surface area contributed by atoms with Crippen molar-refractivity contribution in [1.29, 1.82) is 0 Å². The molecule has 92 valence electrons. The van der Waals surface area contributed by atoms with Crippen LogP contribution in [0.3, 0.4) is 0 Å². The molecule has 0 unspecified atom stereocenters. The number of aromatic amines is 1. The molecule has 0 radical (unpaired) electrons. The highest BCUT2D eigenvalue weighted by atomic mass is 16.2. The van der Waals surface area contributed by atoms with E-state index in [9.17, 15) is 4.79 Å². The van der Waals surface area contributed by atoms with Gasteiger partial charge in [-0.3, -0.25) is 9.89 Å². The molecule has 0 spiro atoms. The first-order valence-corrected chi connectivity index (χ1v) is 6.03. The monoisotopic (exact) mass is 242 g/mol. The molecule has 3 rings (SSSR count). The summed E-state index contributed by atoms with van der Waals surface area (Å²) in [6, 6.07) is 7.64. The van der Waals surface area contributed by atoms with Crippen LogP contribution in [0.25, 0.3) is 0 Å². The molecule has 1 amide bonds. The third kappa shape index (κ3) is 2.25. The second kappa shape index (κ2) is 4.25. The van der Waals surface area contributed by atoms with Gasteiger partial charge in [0, 0.05) is 11.6 Å². The smallest absolute Gasteiger partial charge is 0.295 e. The predicted octanol–water partition coefficient (Wildman–Crippen LogP) is 2.24. The van der Waals surface area contributed by atoms with Gasteiger partial charge >= 0.3 is 0 Å². The Kier molecular flexibility index (Phi) is 2.59. The van der Waals surface area contributed by atoms with Gasteiger partial charge < -0.3 is 5.32 Å². The van der Waals surface area contributed by atoms with Crippen LogP contribution in [0.4, 0.5) is 5.69 Å². The fourth-order valence-electron chi connectivity index (χ4n) is 1.83. The molecule has 0 atom stereocenters. The molecule has 5 nitrogen and oxygen atoms in total. The van der Waals surface area contributed by atoms with Crippen molar-refractivity contribution in [2.45, 2.75) is 25.7 Å². The second-order valence-electron chi connectivity index (χ2n) is 4.64. The van der Waals surface area contributed by atoms with Gasteiger partial charge in [-0.15, -0.1) is 5.10 Å². The van der Waals surface area contributed by atoms with Crippen LogP contribution in [-0.2, 0) is 0 Å². The van der Waals surface area contributed by atoms with Gasteiger partial charge in [0.2, 0.25) is 5.82 Å². The van der Waals surface area contributed by atoms with Gasteiger partial charge in [0.25, 0.3) is 5.91 Å². The maximum atomic E-state index is 11.9. The average Bonchev–Trinajstić information content (AvgIpc) is 3.07. The van der Waals surface area contributed by atoms with E-state index in [0.717, 1.165) is 29.9 Å². The molecular weight excluding hydrogens is 228 g/mol. The number of hydrogen-bond acceptors (Lipinski definition) is 3. The summed E-state index contributed by atoms with van der Waals surface area (Å²) >= 11 is 0. The van der Waals surface area contributed by atoms with Crippen molar-refractivity contribution < 1.29 is 4.79 Å². The number of H-pyrrole nitrogens is 1. The summed E-state index contributed by atoms with van der Waals surface area (Å²) in [5.41, 5.74) is 1.86. The Balaban J connectivity index is 1.73. The Morgan fingerprint density at radius 1 is 1.44 bits per heavy atom. The molecule has 1 saturated carbocycles. The van der Waals surface area contributed by atoms with Gasteiger partial charge in [-0.25, -0.2) is 4.98 Å². The highest BCUT2D eigenvalue weighted by Crippen LogP contribution is 2.37. The van der Waals surface area contributed by atoms with E-state index >= 15 is 0 Å². The maximum absolute atomic E-state index is 11.9. The van der Waals surface area contributed by atoms with E-state index in [-0.39, 0.29) is 11.7 Å². The first-order valence-electron chi connectivity index (χ1n) is 6.03. The molecule has 1 aromatic carbocycles. The van der Waals surface area contributed by atoms with Crippen LogP contribution in [0.2, 0.25) is 0 Å². The zero-order chi connectivity index (χ0) is 12.5. The number of hydrogen-bond donors (Lipinski definition) is 2. The summed E-state index contributed by atoms with van der Waals surface area (Å²) in [6.07, 6.45) is 2.27. The number of nitrogens with zero attached hydrogens (tertiary/aromatic N) is 2. The average molecular weight is 242 g/mol. The summed E-state index contributed by atoms with van der Waals surface area (Å²) in [4.78, 5) is 16.1. The summed E-state index contributed by atoms with van der Waals surface area (Å²) in [6.45, 7) is 1.98. The summed E-state index contributed by atoms with van der Waals surface area (Å²) in [7, 11) is 0. The summed E-state index contributed by atoms with van der Waals surface area (Å²) in [5.74, 6) is 1.23. The Hall–Kier alpha value is -2.17. The summed E-state index contributed by atoms with van der Waals surface area (Å²) in [5, 5.41) is 9.56. The third-order valence-corrected chi connectivity index (χ3v) is 2.95. The lowest BCUT2D eigenvalue weighted by Gasteiger charge is -2.02. The molecular formula is C13H14N4O.